The summed E-state index contributed by atoms with van der Waals surface area (Å²) in [7, 11) is 3.15. The molecule has 3 rings (SSSR count). The van der Waals surface area contributed by atoms with Crippen LogP contribution in [0.1, 0.15) is 21.5 Å². The maximum atomic E-state index is 12.4. The van der Waals surface area contributed by atoms with Crippen molar-refractivity contribution in [3.8, 4) is 17.2 Å². The highest BCUT2D eigenvalue weighted by Gasteiger charge is 2.24. The van der Waals surface area contributed by atoms with Crippen molar-refractivity contribution < 1.29 is 28.9 Å². The van der Waals surface area contributed by atoms with Crippen LogP contribution in [0.3, 0.4) is 0 Å². The zero-order valence-electron chi connectivity index (χ0n) is 15.2. The molecule has 142 valence electrons. The van der Waals surface area contributed by atoms with E-state index in [0.717, 1.165) is 11.1 Å². The number of rotatable bonds is 5. The summed E-state index contributed by atoms with van der Waals surface area (Å²) in [6.07, 6.45) is 0.675. The molecule has 0 radical (unpaired) electrons. The highest BCUT2D eigenvalue weighted by molar-refractivity contribution is 5.93. The van der Waals surface area contributed by atoms with E-state index < -0.39 is 5.97 Å². The molecule has 2 aromatic carbocycles. The molecule has 0 atom stereocenters. The fourth-order valence-corrected chi connectivity index (χ4v) is 3.04. The quantitative estimate of drug-likeness (QED) is 0.811. The number of phenols is 1. The summed E-state index contributed by atoms with van der Waals surface area (Å²) >= 11 is 0. The molecule has 1 amide bonds. The van der Waals surface area contributed by atoms with E-state index in [0.29, 0.717) is 31.0 Å². The Labute approximate surface area is 157 Å². The van der Waals surface area contributed by atoms with Gasteiger partial charge in [0.15, 0.2) is 18.1 Å². The van der Waals surface area contributed by atoms with E-state index in [-0.39, 0.29) is 23.8 Å². The van der Waals surface area contributed by atoms with Gasteiger partial charge in [-0.2, -0.15) is 0 Å². The van der Waals surface area contributed by atoms with Crippen LogP contribution >= 0.6 is 0 Å². The number of carbonyl (C=O) groups excluding carboxylic acids is 2. The topological polar surface area (TPSA) is 85.3 Å². The number of phenolic OH excluding ortho intramolecular Hbond substituents is 1. The Bertz CT molecular complexity index is 864. The number of para-hydroxylation sites is 1. The first kappa shape index (κ1) is 18.6. The Hall–Kier alpha value is -3.22. The summed E-state index contributed by atoms with van der Waals surface area (Å²) in [5, 5.41) is 9.68. The number of carbonyl (C=O) groups is 2. The van der Waals surface area contributed by atoms with Gasteiger partial charge in [-0.3, -0.25) is 4.79 Å². The molecule has 2 aromatic rings. The Morgan fingerprint density at radius 2 is 1.74 bits per heavy atom. The average Bonchev–Trinajstić information content (AvgIpc) is 2.70. The summed E-state index contributed by atoms with van der Waals surface area (Å²) in [5.41, 5.74) is 2.10. The second-order valence-electron chi connectivity index (χ2n) is 6.13. The van der Waals surface area contributed by atoms with E-state index in [9.17, 15) is 14.7 Å². The lowest BCUT2D eigenvalue weighted by Crippen LogP contribution is -2.38. The summed E-state index contributed by atoms with van der Waals surface area (Å²) < 4.78 is 15.7. The maximum Gasteiger partial charge on any atom is 0.342 e. The van der Waals surface area contributed by atoms with Crippen LogP contribution in [-0.2, 0) is 22.5 Å². The van der Waals surface area contributed by atoms with Gasteiger partial charge < -0.3 is 24.2 Å². The first-order chi connectivity index (χ1) is 13.0. The summed E-state index contributed by atoms with van der Waals surface area (Å²) in [6, 6.07) is 9.84. The molecule has 7 heteroatoms. The summed E-state index contributed by atoms with van der Waals surface area (Å²) in [4.78, 5) is 26.1. The third-order valence-corrected chi connectivity index (χ3v) is 4.52. The largest absolute Gasteiger partial charge is 0.507 e. The Morgan fingerprint density at radius 3 is 2.41 bits per heavy atom. The van der Waals surface area contributed by atoms with Gasteiger partial charge >= 0.3 is 5.97 Å². The van der Waals surface area contributed by atoms with E-state index >= 15 is 0 Å². The van der Waals surface area contributed by atoms with Crippen molar-refractivity contribution in [1.29, 1.82) is 0 Å². The van der Waals surface area contributed by atoms with Crippen LogP contribution in [0.5, 0.6) is 17.2 Å². The van der Waals surface area contributed by atoms with E-state index in [2.05, 4.69) is 0 Å². The van der Waals surface area contributed by atoms with Crippen molar-refractivity contribution in [2.75, 3.05) is 27.4 Å². The van der Waals surface area contributed by atoms with E-state index in [1.54, 1.807) is 31.3 Å². The second kappa shape index (κ2) is 7.99. The lowest BCUT2D eigenvalue weighted by atomic mass is 9.99. The maximum absolute atomic E-state index is 12.4. The molecule has 0 fully saturated rings. The zero-order valence-corrected chi connectivity index (χ0v) is 15.2. The fraction of sp³-hybridized carbons (Fsp3) is 0.300. The second-order valence-corrected chi connectivity index (χ2v) is 6.13. The van der Waals surface area contributed by atoms with Crippen LogP contribution in [0.4, 0.5) is 0 Å². The normalized spacial score (nSPS) is 12.9. The van der Waals surface area contributed by atoms with Gasteiger partial charge in [-0.1, -0.05) is 12.1 Å². The van der Waals surface area contributed by atoms with Crippen molar-refractivity contribution in [3.05, 3.63) is 53.1 Å². The minimum atomic E-state index is -0.731. The molecule has 0 saturated carbocycles. The molecule has 27 heavy (non-hydrogen) atoms. The fourth-order valence-electron chi connectivity index (χ4n) is 3.04. The number of hydrogen-bond donors (Lipinski definition) is 1. The van der Waals surface area contributed by atoms with Crippen LogP contribution in [0.15, 0.2) is 36.4 Å². The smallest absolute Gasteiger partial charge is 0.342 e. The first-order valence-corrected chi connectivity index (χ1v) is 8.50. The number of benzene rings is 2. The molecule has 1 aliphatic rings. The first-order valence-electron chi connectivity index (χ1n) is 8.50. The van der Waals surface area contributed by atoms with Crippen LogP contribution in [0.25, 0.3) is 0 Å². The van der Waals surface area contributed by atoms with Gasteiger partial charge in [0.2, 0.25) is 0 Å². The van der Waals surface area contributed by atoms with Crippen molar-refractivity contribution in [2.24, 2.45) is 0 Å². The predicted molar refractivity (Wildman–Crippen MR) is 97.1 cm³/mol. The van der Waals surface area contributed by atoms with Gasteiger partial charge in [-0.05, 0) is 41.8 Å². The Balaban J connectivity index is 1.64. The lowest BCUT2D eigenvalue weighted by Gasteiger charge is -2.29. The zero-order chi connectivity index (χ0) is 19.4. The number of methoxy groups -OCH3 is 2. The molecule has 0 aromatic heterocycles. The van der Waals surface area contributed by atoms with E-state index in [1.807, 2.05) is 12.1 Å². The molecule has 1 heterocycles. The molecular formula is C20H21NO6. The minimum Gasteiger partial charge on any atom is -0.507 e. The lowest BCUT2D eigenvalue weighted by molar-refractivity contribution is -0.135. The molecule has 0 saturated heterocycles. The number of aromatic hydroxyl groups is 1. The minimum absolute atomic E-state index is 0.0334. The van der Waals surface area contributed by atoms with Crippen LogP contribution < -0.4 is 9.47 Å². The SMILES string of the molecule is COc1cc2c(cc1OC)CN(C(=O)COC(=O)c1ccccc1O)CC2. The van der Waals surface area contributed by atoms with Crippen molar-refractivity contribution in [1.82, 2.24) is 4.90 Å². The van der Waals surface area contributed by atoms with Crippen LogP contribution in [0, 0.1) is 0 Å². The Morgan fingerprint density at radius 1 is 1.07 bits per heavy atom. The number of hydrogen-bond acceptors (Lipinski definition) is 6. The van der Waals surface area contributed by atoms with Gasteiger partial charge in [0.05, 0.1) is 14.2 Å². The third kappa shape index (κ3) is 3.97. The molecule has 0 unspecified atom stereocenters. The number of ether oxygens (including phenoxy) is 3. The summed E-state index contributed by atoms with van der Waals surface area (Å²) in [6.45, 7) is 0.550. The van der Waals surface area contributed by atoms with Crippen LogP contribution in [-0.4, -0.2) is 49.3 Å². The van der Waals surface area contributed by atoms with Crippen LogP contribution in [0.2, 0.25) is 0 Å². The van der Waals surface area contributed by atoms with E-state index in [1.165, 1.54) is 12.1 Å². The van der Waals surface area contributed by atoms with Crippen molar-refractivity contribution >= 4 is 11.9 Å². The average molecular weight is 371 g/mol. The van der Waals surface area contributed by atoms with E-state index in [4.69, 9.17) is 14.2 Å². The molecule has 7 nitrogen and oxygen atoms in total. The molecule has 1 aliphatic heterocycles. The highest BCUT2D eigenvalue weighted by atomic mass is 16.5. The molecule has 1 N–H and O–H groups in total. The molecule has 0 aliphatic carbocycles. The van der Waals surface area contributed by atoms with Gasteiger partial charge in [0.25, 0.3) is 5.91 Å². The third-order valence-electron chi connectivity index (χ3n) is 4.52. The Kier molecular flexibility index (Phi) is 5.49. The van der Waals surface area contributed by atoms with Gasteiger partial charge in [-0.25, -0.2) is 4.79 Å². The summed E-state index contributed by atoms with van der Waals surface area (Å²) in [5.74, 6) is 0.0662. The number of fused-ring (bicyclic) bond motifs is 1. The van der Waals surface area contributed by atoms with Gasteiger partial charge in [0, 0.05) is 13.1 Å². The highest BCUT2D eigenvalue weighted by Crippen LogP contribution is 2.33. The number of esters is 1. The number of amides is 1. The standard InChI is InChI=1S/C20H21NO6/c1-25-17-9-13-7-8-21(11-14(13)10-18(17)26-2)19(23)12-27-20(24)15-5-3-4-6-16(15)22/h3-6,9-10,22H,7-8,11-12H2,1-2H3. The van der Waals surface area contributed by atoms with Crippen molar-refractivity contribution in [2.45, 2.75) is 13.0 Å². The van der Waals surface area contributed by atoms with Gasteiger partial charge in [-0.15, -0.1) is 0 Å². The molecule has 0 bridgehead atoms. The predicted octanol–water partition coefficient (Wildman–Crippen LogP) is 2.15. The van der Waals surface area contributed by atoms with Gasteiger partial charge in [0.1, 0.15) is 11.3 Å². The number of nitrogens with zero attached hydrogens (tertiary/aromatic N) is 1. The monoisotopic (exact) mass is 371 g/mol. The molecule has 0 spiro atoms. The van der Waals surface area contributed by atoms with Crippen molar-refractivity contribution in [3.63, 3.8) is 0 Å². The molecular weight excluding hydrogens is 350 g/mol.